The first-order valence-corrected chi connectivity index (χ1v) is 5.00. The molecule has 2 saturated carbocycles. The van der Waals surface area contributed by atoms with Gasteiger partial charge in [-0.2, -0.15) is 0 Å². The molecule has 2 aliphatic carbocycles. The summed E-state index contributed by atoms with van der Waals surface area (Å²) in [7, 11) is 1.86. The van der Waals surface area contributed by atoms with Crippen molar-refractivity contribution >= 4 is 0 Å². The maximum atomic E-state index is 5.53. The van der Waals surface area contributed by atoms with E-state index in [1.54, 1.807) is 0 Å². The van der Waals surface area contributed by atoms with Crippen LogP contribution in [-0.4, -0.2) is 26.4 Å². The van der Waals surface area contributed by atoms with E-state index in [1.807, 2.05) is 7.11 Å². The van der Waals surface area contributed by atoms with Crippen LogP contribution in [0.2, 0.25) is 0 Å². The van der Waals surface area contributed by atoms with Gasteiger partial charge in [0.2, 0.25) is 0 Å². The summed E-state index contributed by atoms with van der Waals surface area (Å²) in [6.07, 6.45) is 3.26. The summed E-state index contributed by atoms with van der Waals surface area (Å²) in [6, 6.07) is 0. The van der Waals surface area contributed by atoms with E-state index in [2.05, 4.69) is 0 Å². The van der Waals surface area contributed by atoms with Crippen LogP contribution in [0.15, 0.2) is 0 Å². The SMILES string of the molecule is CO[C@H]1C[C@H]2C[C@@H]1[C@H]1COC[C@H]21. The van der Waals surface area contributed by atoms with Gasteiger partial charge in [-0.1, -0.05) is 0 Å². The van der Waals surface area contributed by atoms with Gasteiger partial charge in [-0.15, -0.1) is 0 Å². The van der Waals surface area contributed by atoms with Crippen molar-refractivity contribution in [2.75, 3.05) is 20.3 Å². The molecule has 0 radical (unpaired) electrons. The Morgan fingerprint density at radius 2 is 1.92 bits per heavy atom. The second-order valence-corrected chi connectivity index (χ2v) is 4.53. The normalized spacial score (nSPS) is 56.2. The van der Waals surface area contributed by atoms with Gasteiger partial charge >= 0.3 is 0 Å². The molecule has 0 aromatic heterocycles. The number of hydrogen-bond donors (Lipinski definition) is 0. The van der Waals surface area contributed by atoms with Crippen LogP contribution >= 0.6 is 0 Å². The molecule has 2 heteroatoms. The first kappa shape index (κ1) is 7.34. The Hall–Kier alpha value is -0.0800. The fourth-order valence-corrected chi connectivity index (χ4v) is 3.66. The van der Waals surface area contributed by atoms with Crippen molar-refractivity contribution < 1.29 is 9.47 Å². The smallest absolute Gasteiger partial charge is 0.0606 e. The molecule has 0 unspecified atom stereocenters. The molecular formula is C10H16O2. The van der Waals surface area contributed by atoms with Crippen LogP contribution in [0, 0.1) is 23.7 Å². The van der Waals surface area contributed by atoms with E-state index in [9.17, 15) is 0 Å². The number of fused-ring (bicyclic) bond motifs is 5. The molecule has 1 heterocycles. The molecule has 0 amide bonds. The molecule has 3 rings (SSSR count). The predicted molar refractivity (Wildman–Crippen MR) is 44.8 cm³/mol. The van der Waals surface area contributed by atoms with Gasteiger partial charge < -0.3 is 9.47 Å². The van der Waals surface area contributed by atoms with Gasteiger partial charge in [0.25, 0.3) is 0 Å². The molecule has 68 valence electrons. The number of hydrogen-bond acceptors (Lipinski definition) is 2. The largest absolute Gasteiger partial charge is 0.381 e. The number of rotatable bonds is 1. The lowest BCUT2D eigenvalue weighted by atomic mass is 9.80. The first-order valence-electron chi connectivity index (χ1n) is 5.00. The first-order chi connectivity index (χ1) is 5.90. The summed E-state index contributed by atoms with van der Waals surface area (Å²) in [4.78, 5) is 0. The topological polar surface area (TPSA) is 18.5 Å². The Balaban J connectivity index is 1.83. The average Bonchev–Trinajstić information content (AvgIpc) is 2.75. The van der Waals surface area contributed by atoms with Gasteiger partial charge in [-0.25, -0.2) is 0 Å². The van der Waals surface area contributed by atoms with Crippen LogP contribution in [0.25, 0.3) is 0 Å². The molecule has 1 aliphatic heterocycles. The highest BCUT2D eigenvalue weighted by molar-refractivity contribution is 5.03. The Bertz CT molecular complexity index is 190. The average molecular weight is 168 g/mol. The van der Waals surface area contributed by atoms with Crippen molar-refractivity contribution in [3.8, 4) is 0 Å². The van der Waals surface area contributed by atoms with E-state index in [1.165, 1.54) is 12.8 Å². The second kappa shape index (κ2) is 2.46. The fraction of sp³-hybridized carbons (Fsp3) is 1.00. The minimum atomic E-state index is 0.554. The van der Waals surface area contributed by atoms with Crippen molar-refractivity contribution in [3.05, 3.63) is 0 Å². The zero-order valence-electron chi connectivity index (χ0n) is 7.53. The lowest BCUT2D eigenvalue weighted by Crippen LogP contribution is -2.31. The molecule has 0 aromatic rings. The third-order valence-corrected chi connectivity index (χ3v) is 4.22. The Morgan fingerprint density at radius 3 is 2.75 bits per heavy atom. The predicted octanol–water partition coefficient (Wildman–Crippen LogP) is 1.30. The van der Waals surface area contributed by atoms with Crippen molar-refractivity contribution in [2.45, 2.75) is 18.9 Å². The fourth-order valence-electron chi connectivity index (χ4n) is 3.66. The standard InChI is InChI=1S/C10H16O2/c1-11-10-3-6-2-7(10)9-5-12-4-8(6)9/h6-10H,2-5H2,1H3/t6-,7-,8-,9-,10+/m1/s1. The molecule has 0 spiro atoms. The van der Waals surface area contributed by atoms with E-state index >= 15 is 0 Å². The molecule has 1 saturated heterocycles. The van der Waals surface area contributed by atoms with Crippen LogP contribution in [0.1, 0.15) is 12.8 Å². The van der Waals surface area contributed by atoms with Gasteiger partial charge in [-0.3, -0.25) is 0 Å². The molecule has 3 fully saturated rings. The van der Waals surface area contributed by atoms with Crippen LogP contribution in [0.5, 0.6) is 0 Å². The lowest BCUT2D eigenvalue weighted by molar-refractivity contribution is 0.0251. The van der Waals surface area contributed by atoms with Crippen molar-refractivity contribution in [1.29, 1.82) is 0 Å². The molecule has 2 nitrogen and oxygen atoms in total. The molecule has 12 heavy (non-hydrogen) atoms. The van der Waals surface area contributed by atoms with Gasteiger partial charge in [0.1, 0.15) is 0 Å². The van der Waals surface area contributed by atoms with Crippen LogP contribution in [0.3, 0.4) is 0 Å². The molecule has 3 aliphatic rings. The summed E-state index contributed by atoms with van der Waals surface area (Å²) in [5.74, 6) is 3.48. The van der Waals surface area contributed by atoms with E-state index < -0.39 is 0 Å². The maximum Gasteiger partial charge on any atom is 0.0606 e. The lowest BCUT2D eigenvalue weighted by Gasteiger charge is -2.28. The van der Waals surface area contributed by atoms with Crippen molar-refractivity contribution in [2.24, 2.45) is 23.7 Å². The van der Waals surface area contributed by atoms with Gasteiger partial charge in [0.05, 0.1) is 19.3 Å². The summed E-state index contributed by atoms with van der Waals surface area (Å²) >= 11 is 0. The highest BCUT2D eigenvalue weighted by Gasteiger charge is 2.54. The monoisotopic (exact) mass is 168 g/mol. The molecular weight excluding hydrogens is 152 g/mol. The van der Waals surface area contributed by atoms with Crippen LogP contribution in [-0.2, 0) is 9.47 Å². The van der Waals surface area contributed by atoms with Crippen molar-refractivity contribution in [3.63, 3.8) is 0 Å². The second-order valence-electron chi connectivity index (χ2n) is 4.53. The number of methoxy groups -OCH3 is 1. The Kier molecular flexibility index (Phi) is 1.50. The zero-order chi connectivity index (χ0) is 8.13. The molecule has 0 N–H and O–H groups in total. The minimum absolute atomic E-state index is 0.554. The molecule has 2 bridgehead atoms. The highest BCUT2D eigenvalue weighted by atomic mass is 16.5. The molecule has 0 aromatic carbocycles. The van der Waals surface area contributed by atoms with E-state index in [4.69, 9.17) is 9.47 Å². The number of ether oxygens (including phenoxy) is 2. The van der Waals surface area contributed by atoms with E-state index in [0.717, 1.165) is 36.9 Å². The Morgan fingerprint density at radius 1 is 1.08 bits per heavy atom. The minimum Gasteiger partial charge on any atom is -0.381 e. The van der Waals surface area contributed by atoms with Crippen LogP contribution in [0.4, 0.5) is 0 Å². The summed E-state index contributed by atoms with van der Waals surface area (Å²) < 4.78 is 11.0. The van der Waals surface area contributed by atoms with Gasteiger partial charge in [-0.05, 0) is 36.5 Å². The van der Waals surface area contributed by atoms with Crippen molar-refractivity contribution in [1.82, 2.24) is 0 Å². The van der Waals surface area contributed by atoms with E-state index in [0.29, 0.717) is 6.10 Å². The van der Waals surface area contributed by atoms with Crippen LogP contribution < -0.4 is 0 Å². The quantitative estimate of drug-likeness (QED) is 0.587. The summed E-state index contributed by atoms with van der Waals surface area (Å²) in [6.45, 7) is 2.04. The van der Waals surface area contributed by atoms with E-state index in [-0.39, 0.29) is 0 Å². The van der Waals surface area contributed by atoms with Gasteiger partial charge in [0, 0.05) is 7.11 Å². The summed E-state index contributed by atoms with van der Waals surface area (Å²) in [5, 5.41) is 0. The maximum absolute atomic E-state index is 5.53. The van der Waals surface area contributed by atoms with Gasteiger partial charge in [0.15, 0.2) is 0 Å². The highest BCUT2D eigenvalue weighted by Crippen LogP contribution is 2.55. The Labute approximate surface area is 73.2 Å². The third-order valence-electron chi connectivity index (χ3n) is 4.22. The zero-order valence-corrected chi connectivity index (χ0v) is 7.53. The summed E-state index contributed by atoms with van der Waals surface area (Å²) in [5.41, 5.74) is 0. The molecule has 5 atom stereocenters. The third kappa shape index (κ3) is 0.775.